The highest BCUT2D eigenvalue weighted by Gasteiger charge is 2.23. The molecule has 1 N–H and O–H groups in total. The monoisotopic (exact) mass is 409 g/mol. The summed E-state index contributed by atoms with van der Waals surface area (Å²) >= 11 is 3.31. The first-order valence-electron chi connectivity index (χ1n) is 8.69. The molecule has 2 unspecified atom stereocenters. The van der Waals surface area contributed by atoms with Crippen LogP contribution in [0.15, 0.2) is 28.7 Å². The highest BCUT2D eigenvalue weighted by molar-refractivity contribution is 9.10. The van der Waals surface area contributed by atoms with Crippen LogP contribution in [0.2, 0.25) is 0 Å². The molecule has 1 aromatic rings. The number of nitrogens with one attached hydrogen (secondary N) is 1. The molecule has 1 fully saturated rings. The number of halogens is 1. The molecule has 0 spiro atoms. The third kappa shape index (κ3) is 6.61. The van der Waals surface area contributed by atoms with E-state index in [1.807, 2.05) is 0 Å². The van der Waals surface area contributed by atoms with Gasteiger partial charge in [0.1, 0.15) is 0 Å². The van der Waals surface area contributed by atoms with Crippen LogP contribution in [0, 0.1) is 5.92 Å². The Morgan fingerprint density at radius 1 is 1.12 bits per heavy atom. The van der Waals surface area contributed by atoms with Gasteiger partial charge in [0, 0.05) is 22.5 Å². The van der Waals surface area contributed by atoms with Crippen LogP contribution in [0.4, 0.5) is 0 Å². The molecule has 2 rings (SSSR count). The summed E-state index contributed by atoms with van der Waals surface area (Å²) in [6, 6.07) is 7.14. The molecule has 0 heterocycles. The molecule has 1 aromatic carbocycles. The van der Waals surface area contributed by atoms with Gasteiger partial charge in [0.2, 0.25) is 0 Å². The quantitative estimate of drug-likeness (QED) is 0.550. The third-order valence-electron chi connectivity index (χ3n) is 4.54. The molecule has 0 saturated heterocycles. The standard InChI is InChI=1S/C19H24BrNO4/c1-13-4-2-3-5-16(13)21-18(23)12-25-19(24)11-10-17(22)14-6-8-15(20)9-7-14/h6-9,13,16H,2-5,10-12H2,1H3,(H,21,23). The predicted molar refractivity (Wildman–Crippen MR) is 98.2 cm³/mol. The number of esters is 1. The average molecular weight is 410 g/mol. The van der Waals surface area contributed by atoms with Crippen molar-refractivity contribution in [3.05, 3.63) is 34.3 Å². The minimum Gasteiger partial charge on any atom is -0.456 e. The van der Waals surface area contributed by atoms with E-state index in [0.717, 1.165) is 23.7 Å². The summed E-state index contributed by atoms with van der Waals surface area (Å²) in [4.78, 5) is 35.6. The number of benzene rings is 1. The van der Waals surface area contributed by atoms with Crippen molar-refractivity contribution in [1.29, 1.82) is 0 Å². The molecule has 0 radical (unpaired) electrons. The van der Waals surface area contributed by atoms with E-state index in [0.29, 0.717) is 11.5 Å². The van der Waals surface area contributed by atoms with E-state index < -0.39 is 5.97 Å². The van der Waals surface area contributed by atoms with E-state index in [4.69, 9.17) is 4.74 Å². The number of Topliss-reactive ketones (excluding diaryl/α,β-unsaturated/α-hetero) is 1. The molecule has 1 saturated carbocycles. The summed E-state index contributed by atoms with van der Waals surface area (Å²) in [5.41, 5.74) is 0.556. The van der Waals surface area contributed by atoms with Crippen molar-refractivity contribution < 1.29 is 19.1 Å². The number of ketones is 1. The molecule has 1 aliphatic rings. The van der Waals surface area contributed by atoms with Crippen molar-refractivity contribution in [3.8, 4) is 0 Å². The summed E-state index contributed by atoms with van der Waals surface area (Å²) in [5.74, 6) is -0.467. The van der Waals surface area contributed by atoms with Crippen LogP contribution < -0.4 is 5.32 Å². The van der Waals surface area contributed by atoms with Crippen molar-refractivity contribution in [2.75, 3.05) is 6.61 Å². The van der Waals surface area contributed by atoms with Crippen LogP contribution in [0.5, 0.6) is 0 Å². The number of amides is 1. The second kappa shape index (κ2) is 9.70. The number of carbonyl (C=O) groups is 3. The summed E-state index contributed by atoms with van der Waals surface area (Å²) in [7, 11) is 0. The van der Waals surface area contributed by atoms with Gasteiger partial charge >= 0.3 is 5.97 Å². The lowest BCUT2D eigenvalue weighted by Crippen LogP contribution is -2.42. The lowest BCUT2D eigenvalue weighted by molar-refractivity contribution is -0.148. The Kier molecular flexibility index (Phi) is 7.62. The Morgan fingerprint density at radius 2 is 1.80 bits per heavy atom. The van der Waals surface area contributed by atoms with E-state index in [9.17, 15) is 14.4 Å². The van der Waals surface area contributed by atoms with Gasteiger partial charge in [-0.3, -0.25) is 14.4 Å². The fraction of sp³-hybridized carbons (Fsp3) is 0.526. The fourth-order valence-corrected chi connectivity index (χ4v) is 3.26. The highest BCUT2D eigenvalue weighted by atomic mass is 79.9. The topological polar surface area (TPSA) is 72.5 Å². The van der Waals surface area contributed by atoms with E-state index in [-0.39, 0.29) is 37.2 Å². The summed E-state index contributed by atoms with van der Waals surface area (Å²) in [5, 5.41) is 2.93. The Morgan fingerprint density at radius 3 is 2.48 bits per heavy atom. The molecule has 136 valence electrons. The minimum atomic E-state index is -0.530. The van der Waals surface area contributed by atoms with Crippen LogP contribution in [0.25, 0.3) is 0 Å². The number of hydrogen-bond donors (Lipinski definition) is 1. The van der Waals surface area contributed by atoms with Gasteiger partial charge in [-0.25, -0.2) is 0 Å². The van der Waals surface area contributed by atoms with Crippen molar-refractivity contribution in [3.63, 3.8) is 0 Å². The molecule has 25 heavy (non-hydrogen) atoms. The second-order valence-corrected chi connectivity index (χ2v) is 7.44. The van der Waals surface area contributed by atoms with Gasteiger partial charge in [-0.15, -0.1) is 0 Å². The maximum Gasteiger partial charge on any atom is 0.306 e. The number of rotatable bonds is 7. The van der Waals surface area contributed by atoms with Crippen LogP contribution in [-0.2, 0) is 14.3 Å². The van der Waals surface area contributed by atoms with Gasteiger partial charge in [0.15, 0.2) is 12.4 Å². The lowest BCUT2D eigenvalue weighted by atomic mass is 9.86. The average Bonchev–Trinajstić information content (AvgIpc) is 2.60. The van der Waals surface area contributed by atoms with E-state index in [1.165, 1.54) is 6.42 Å². The van der Waals surface area contributed by atoms with Crippen molar-refractivity contribution in [2.24, 2.45) is 5.92 Å². The normalized spacial score (nSPS) is 19.9. The Balaban J connectivity index is 1.67. The SMILES string of the molecule is CC1CCCCC1NC(=O)COC(=O)CCC(=O)c1ccc(Br)cc1. The zero-order valence-corrected chi connectivity index (χ0v) is 16.0. The first kappa shape index (κ1) is 19.6. The first-order valence-corrected chi connectivity index (χ1v) is 9.49. The van der Waals surface area contributed by atoms with E-state index in [1.54, 1.807) is 24.3 Å². The van der Waals surface area contributed by atoms with Gasteiger partial charge < -0.3 is 10.1 Å². The smallest absolute Gasteiger partial charge is 0.306 e. The summed E-state index contributed by atoms with van der Waals surface area (Å²) < 4.78 is 5.87. The van der Waals surface area contributed by atoms with Crippen molar-refractivity contribution >= 4 is 33.6 Å². The van der Waals surface area contributed by atoms with Gasteiger partial charge in [-0.05, 0) is 30.9 Å². The van der Waals surface area contributed by atoms with Crippen LogP contribution in [0.1, 0.15) is 55.8 Å². The van der Waals surface area contributed by atoms with E-state index in [2.05, 4.69) is 28.2 Å². The highest BCUT2D eigenvalue weighted by Crippen LogP contribution is 2.23. The van der Waals surface area contributed by atoms with E-state index >= 15 is 0 Å². The van der Waals surface area contributed by atoms with Gasteiger partial charge in [-0.2, -0.15) is 0 Å². The Hall–Kier alpha value is -1.69. The molecule has 0 aromatic heterocycles. The molecule has 1 aliphatic carbocycles. The van der Waals surface area contributed by atoms with Gasteiger partial charge in [-0.1, -0.05) is 47.8 Å². The Bertz CT molecular complexity index is 614. The summed E-state index contributed by atoms with van der Waals surface area (Å²) in [6.07, 6.45) is 4.46. The van der Waals surface area contributed by atoms with Crippen LogP contribution >= 0.6 is 15.9 Å². The molecule has 2 atom stereocenters. The lowest BCUT2D eigenvalue weighted by Gasteiger charge is -2.29. The number of ether oxygens (including phenoxy) is 1. The summed E-state index contributed by atoms with van der Waals surface area (Å²) in [6.45, 7) is 1.85. The zero-order chi connectivity index (χ0) is 18.2. The minimum absolute atomic E-state index is 0.0258. The molecule has 6 heteroatoms. The van der Waals surface area contributed by atoms with Crippen molar-refractivity contribution in [1.82, 2.24) is 5.32 Å². The van der Waals surface area contributed by atoms with Crippen molar-refractivity contribution in [2.45, 2.75) is 51.5 Å². The van der Waals surface area contributed by atoms with Gasteiger partial charge in [0.25, 0.3) is 5.91 Å². The molecular weight excluding hydrogens is 386 g/mol. The molecule has 1 amide bonds. The number of hydrogen-bond acceptors (Lipinski definition) is 4. The predicted octanol–water partition coefficient (Wildman–Crippen LogP) is 3.65. The first-order chi connectivity index (χ1) is 12.0. The maximum absolute atomic E-state index is 12.0. The van der Waals surface area contributed by atoms with Gasteiger partial charge in [0.05, 0.1) is 6.42 Å². The molecule has 5 nitrogen and oxygen atoms in total. The molecule has 0 bridgehead atoms. The second-order valence-electron chi connectivity index (χ2n) is 6.53. The Labute approximate surface area is 156 Å². The molecular formula is C19H24BrNO4. The molecule has 0 aliphatic heterocycles. The van der Waals surface area contributed by atoms with Crippen LogP contribution in [-0.4, -0.2) is 30.3 Å². The zero-order valence-electron chi connectivity index (χ0n) is 14.4. The third-order valence-corrected chi connectivity index (χ3v) is 5.07. The largest absolute Gasteiger partial charge is 0.456 e. The maximum atomic E-state index is 12.0. The van der Waals surface area contributed by atoms with Crippen LogP contribution in [0.3, 0.4) is 0 Å². The fourth-order valence-electron chi connectivity index (χ4n) is 2.99. The number of carbonyl (C=O) groups excluding carboxylic acids is 3.